The zero-order chi connectivity index (χ0) is 26.6. The summed E-state index contributed by atoms with van der Waals surface area (Å²) in [5.41, 5.74) is 10.5. The van der Waals surface area contributed by atoms with E-state index in [-0.39, 0.29) is 11.5 Å². The van der Waals surface area contributed by atoms with Crippen LogP contribution >= 0.6 is 0 Å². The number of amides is 1. The van der Waals surface area contributed by atoms with Crippen LogP contribution in [0.2, 0.25) is 0 Å². The number of carbonyl (C=O) groups excluding carboxylic acids is 1. The number of anilines is 1. The van der Waals surface area contributed by atoms with E-state index in [0.29, 0.717) is 36.6 Å². The second kappa shape index (κ2) is 11.6. The number of hydrogen-bond donors (Lipinski definition) is 1. The molecular weight excluding hydrogens is 479 g/mol. The topological polar surface area (TPSA) is 88.2 Å². The van der Waals surface area contributed by atoms with E-state index in [1.54, 1.807) is 23.1 Å². The van der Waals surface area contributed by atoms with E-state index >= 15 is 4.39 Å². The number of piperazine rings is 1. The van der Waals surface area contributed by atoms with Gasteiger partial charge in [-0.05, 0) is 56.4 Å². The molecule has 200 valence electrons. The third-order valence-electron chi connectivity index (χ3n) is 8.01. The maximum Gasteiger partial charge on any atom is 0.256 e. The highest BCUT2D eigenvalue weighted by Crippen LogP contribution is 2.35. The smallest absolute Gasteiger partial charge is 0.256 e. The molecule has 2 fully saturated rings. The number of carbonyl (C=O) groups is 1. The molecule has 5 rings (SSSR count). The molecule has 2 aromatic heterocycles. The maximum atomic E-state index is 15.4. The lowest BCUT2D eigenvalue weighted by Crippen LogP contribution is -2.50. The van der Waals surface area contributed by atoms with E-state index in [2.05, 4.69) is 19.9 Å². The van der Waals surface area contributed by atoms with Gasteiger partial charge in [0.2, 0.25) is 0 Å². The molecule has 38 heavy (non-hydrogen) atoms. The average molecular weight is 517 g/mol. The van der Waals surface area contributed by atoms with E-state index in [1.165, 1.54) is 44.5 Å². The van der Waals surface area contributed by atoms with Crippen LogP contribution in [-0.4, -0.2) is 63.4 Å². The molecule has 3 heterocycles. The minimum absolute atomic E-state index is 0.103. The molecule has 1 aliphatic carbocycles. The second-order valence-electron chi connectivity index (χ2n) is 10.6. The lowest BCUT2D eigenvalue weighted by atomic mass is 9.89. The van der Waals surface area contributed by atoms with Gasteiger partial charge in [0.25, 0.3) is 5.91 Å². The van der Waals surface area contributed by atoms with E-state index in [9.17, 15) is 4.79 Å². The number of benzene rings is 1. The van der Waals surface area contributed by atoms with E-state index in [0.717, 1.165) is 48.1 Å². The third-order valence-corrected chi connectivity index (χ3v) is 8.01. The molecule has 1 aromatic carbocycles. The van der Waals surface area contributed by atoms with Gasteiger partial charge in [-0.25, -0.2) is 19.3 Å². The van der Waals surface area contributed by atoms with Gasteiger partial charge in [-0.1, -0.05) is 32.3 Å². The number of pyridine rings is 1. The Kier molecular flexibility index (Phi) is 7.98. The Balaban J connectivity index is 1.34. The lowest BCUT2D eigenvalue weighted by Gasteiger charge is -2.37. The van der Waals surface area contributed by atoms with Crippen LogP contribution in [0.5, 0.6) is 0 Å². The standard InChI is InChI=1S/C30H37FN6O/c1-3-26-28(23-11-12-27(32)35-20(23)2)29(34-19-33-26)22-9-10-24(25(31)17-22)30(38)37-15-13-36(14-16-37)18-21-7-5-4-6-8-21/h9-12,17,19,21H,3-8,13-16,18H2,1-2H3,(H2,32,35). The molecule has 1 amide bonds. The number of aryl methyl sites for hydroxylation is 2. The van der Waals surface area contributed by atoms with Crippen molar-refractivity contribution in [2.24, 2.45) is 5.92 Å². The van der Waals surface area contributed by atoms with Crippen molar-refractivity contribution < 1.29 is 9.18 Å². The summed E-state index contributed by atoms with van der Waals surface area (Å²) in [5.74, 6) is 0.434. The molecule has 1 saturated carbocycles. The number of aromatic nitrogens is 3. The van der Waals surface area contributed by atoms with Crippen molar-refractivity contribution in [3.05, 3.63) is 59.4 Å². The number of nitrogens with two attached hydrogens (primary N) is 1. The number of hydrogen-bond acceptors (Lipinski definition) is 6. The monoisotopic (exact) mass is 516 g/mol. The summed E-state index contributed by atoms with van der Waals surface area (Å²) in [6.45, 7) is 7.99. The molecule has 0 radical (unpaired) electrons. The zero-order valence-electron chi connectivity index (χ0n) is 22.4. The minimum Gasteiger partial charge on any atom is -0.384 e. The number of nitrogens with zero attached hydrogens (tertiary/aromatic N) is 5. The van der Waals surface area contributed by atoms with Crippen LogP contribution in [0.4, 0.5) is 10.2 Å². The van der Waals surface area contributed by atoms with Crippen LogP contribution in [0.15, 0.2) is 36.7 Å². The summed E-state index contributed by atoms with van der Waals surface area (Å²) < 4.78 is 15.4. The number of halogens is 1. The second-order valence-corrected chi connectivity index (χ2v) is 10.6. The summed E-state index contributed by atoms with van der Waals surface area (Å²) >= 11 is 0. The Bertz CT molecular complexity index is 1300. The fraction of sp³-hybridized carbons (Fsp3) is 0.467. The Morgan fingerprint density at radius 1 is 1.05 bits per heavy atom. The van der Waals surface area contributed by atoms with Gasteiger partial charge in [-0.15, -0.1) is 0 Å². The van der Waals surface area contributed by atoms with Crippen LogP contribution in [0.1, 0.15) is 60.8 Å². The highest BCUT2D eigenvalue weighted by Gasteiger charge is 2.26. The fourth-order valence-corrected chi connectivity index (χ4v) is 5.91. The molecule has 8 heteroatoms. The van der Waals surface area contributed by atoms with Gasteiger partial charge in [0.05, 0.1) is 17.0 Å². The summed E-state index contributed by atoms with van der Waals surface area (Å²) in [6.07, 6.45) is 8.86. The van der Waals surface area contributed by atoms with Gasteiger partial charge in [0.15, 0.2) is 0 Å². The lowest BCUT2D eigenvalue weighted by molar-refractivity contribution is 0.0602. The molecule has 2 N–H and O–H groups in total. The van der Waals surface area contributed by atoms with Crippen molar-refractivity contribution in [1.29, 1.82) is 0 Å². The van der Waals surface area contributed by atoms with Crippen molar-refractivity contribution in [1.82, 2.24) is 24.8 Å². The minimum atomic E-state index is -0.535. The zero-order valence-corrected chi connectivity index (χ0v) is 22.4. The maximum absolute atomic E-state index is 15.4. The largest absolute Gasteiger partial charge is 0.384 e. The number of nitrogen functional groups attached to an aromatic ring is 1. The first-order valence-corrected chi connectivity index (χ1v) is 13.8. The molecule has 0 bridgehead atoms. The number of rotatable bonds is 6. The molecule has 1 aliphatic heterocycles. The average Bonchev–Trinajstić information content (AvgIpc) is 2.93. The summed E-state index contributed by atoms with van der Waals surface area (Å²) in [6, 6.07) is 8.43. The Hall–Kier alpha value is -3.39. The van der Waals surface area contributed by atoms with Crippen LogP contribution < -0.4 is 5.73 Å². The van der Waals surface area contributed by atoms with E-state index in [1.807, 2.05) is 19.9 Å². The quantitative estimate of drug-likeness (QED) is 0.488. The van der Waals surface area contributed by atoms with E-state index in [4.69, 9.17) is 5.73 Å². The summed E-state index contributed by atoms with van der Waals surface area (Å²) in [4.78, 5) is 30.9. The van der Waals surface area contributed by atoms with Crippen molar-refractivity contribution in [3.8, 4) is 22.4 Å². The molecule has 0 unspecified atom stereocenters. The molecule has 2 aliphatic rings. The van der Waals surface area contributed by atoms with Gasteiger partial charge in [0, 0.05) is 55.1 Å². The van der Waals surface area contributed by atoms with Crippen LogP contribution in [-0.2, 0) is 6.42 Å². The first-order chi connectivity index (χ1) is 18.4. The van der Waals surface area contributed by atoms with Gasteiger partial charge in [0.1, 0.15) is 18.0 Å². The first-order valence-electron chi connectivity index (χ1n) is 13.8. The van der Waals surface area contributed by atoms with Crippen molar-refractivity contribution >= 4 is 11.7 Å². The Labute approximate surface area is 224 Å². The van der Waals surface area contributed by atoms with Crippen LogP contribution in [0.25, 0.3) is 22.4 Å². The summed E-state index contributed by atoms with van der Waals surface area (Å²) in [5, 5.41) is 0. The van der Waals surface area contributed by atoms with Crippen molar-refractivity contribution in [2.75, 3.05) is 38.5 Å². The first kappa shape index (κ1) is 26.2. The molecule has 1 saturated heterocycles. The normalized spacial score (nSPS) is 17.1. The predicted molar refractivity (Wildman–Crippen MR) is 148 cm³/mol. The SMILES string of the molecule is CCc1ncnc(-c2ccc(C(=O)N3CCN(CC4CCCCC4)CC3)c(F)c2)c1-c1ccc(N)nc1C. The fourth-order valence-electron chi connectivity index (χ4n) is 5.91. The highest BCUT2D eigenvalue weighted by molar-refractivity contribution is 5.95. The van der Waals surface area contributed by atoms with Crippen LogP contribution in [0, 0.1) is 18.7 Å². The Morgan fingerprint density at radius 2 is 1.82 bits per heavy atom. The van der Waals surface area contributed by atoms with E-state index < -0.39 is 5.82 Å². The van der Waals surface area contributed by atoms with Crippen LogP contribution in [0.3, 0.4) is 0 Å². The summed E-state index contributed by atoms with van der Waals surface area (Å²) in [7, 11) is 0. The van der Waals surface area contributed by atoms with Crippen molar-refractivity contribution in [2.45, 2.75) is 52.4 Å². The predicted octanol–water partition coefficient (Wildman–Crippen LogP) is 5.14. The van der Waals surface area contributed by atoms with Gasteiger partial charge < -0.3 is 10.6 Å². The van der Waals surface area contributed by atoms with Crippen molar-refractivity contribution in [3.63, 3.8) is 0 Å². The van der Waals surface area contributed by atoms with Gasteiger partial charge >= 0.3 is 0 Å². The molecule has 0 spiro atoms. The highest BCUT2D eigenvalue weighted by atomic mass is 19.1. The molecule has 7 nitrogen and oxygen atoms in total. The third kappa shape index (κ3) is 5.55. The Morgan fingerprint density at radius 3 is 2.50 bits per heavy atom. The van der Waals surface area contributed by atoms with Gasteiger partial charge in [-0.3, -0.25) is 9.69 Å². The molecule has 3 aromatic rings. The van der Waals surface area contributed by atoms with Gasteiger partial charge in [-0.2, -0.15) is 0 Å². The molecular formula is C30H37FN6O. The molecule has 0 atom stereocenters.